The maximum absolute atomic E-state index is 13.0. The number of rotatable bonds is 5. The van der Waals surface area contributed by atoms with Crippen molar-refractivity contribution in [2.45, 2.75) is 6.42 Å². The van der Waals surface area contributed by atoms with Gasteiger partial charge in [-0.2, -0.15) is 0 Å². The van der Waals surface area contributed by atoms with Crippen molar-refractivity contribution in [1.82, 2.24) is 25.1 Å². The summed E-state index contributed by atoms with van der Waals surface area (Å²) in [6, 6.07) is 11.8. The Hall–Kier alpha value is -3.23. The number of pyridine rings is 2. The van der Waals surface area contributed by atoms with E-state index >= 15 is 0 Å². The minimum atomic E-state index is 0.0462. The number of benzene rings is 1. The van der Waals surface area contributed by atoms with E-state index < -0.39 is 0 Å². The molecule has 0 saturated carbocycles. The van der Waals surface area contributed by atoms with Crippen LogP contribution in [-0.4, -0.2) is 64.1 Å². The van der Waals surface area contributed by atoms with Gasteiger partial charge in [-0.15, -0.1) is 10.2 Å². The molecule has 0 unspecified atom stereocenters. The van der Waals surface area contributed by atoms with Crippen LogP contribution < -0.4 is 4.90 Å². The molecule has 8 heteroatoms. The molecule has 4 aromatic rings. The third-order valence-electron chi connectivity index (χ3n) is 5.62. The van der Waals surface area contributed by atoms with E-state index in [0.29, 0.717) is 5.56 Å². The van der Waals surface area contributed by atoms with Crippen molar-refractivity contribution < 1.29 is 4.79 Å². The second kappa shape index (κ2) is 8.49. The molecule has 0 aliphatic carbocycles. The van der Waals surface area contributed by atoms with E-state index in [1.807, 2.05) is 30.5 Å². The van der Waals surface area contributed by atoms with E-state index in [1.54, 1.807) is 17.8 Å². The number of Topliss-reactive ketones (excluding diaryl/α,β-unsaturated/α-hetero) is 1. The number of aromatic nitrogens is 4. The molecule has 0 N–H and O–H groups in total. The first-order valence-corrected chi connectivity index (χ1v) is 11.1. The first-order valence-electron chi connectivity index (χ1n) is 10.2. The van der Waals surface area contributed by atoms with Crippen molar-refractivity contribution in [2.75, 3.05) is 38.1 Å². The predicted octanol–water partition coefficient (Wildman–Crippen LogP) is 3.33. The molecule has 0 spiro atoms. The Labute approximate surface area is 184 Å². The van der Waals surface area contributed by atoms with E-state index in [0.717, 1.165) is 59.0 Å². The monoisotopic (exact) mass is 430 g/mol. The lowest BCUT2D eigenvalue weighted by Gasteiger charge is -2.33. The Morgan fingerprint density at radius 3 is 2.71 bits per heavy atom. The molecule has 1 aromatic carbocycles. The summed E-state index contributed by atoms with van der Waals surface area (Å²) in [6.07, 6.45) is 3.80. The summed E-state index contributed by atoms with van der Waals surface area (Å²) in [5.74, 6) is 0.914. The van der Waals surface area contributed by atoms with E-state index in [-0.39, 0.29) is 12.2 Å². The molecule has 0 radical (unpaired) electrons. The highest BCUT2D eigenvalue weighted by Crippen LogP contribution is 2.25. The van der Waals surface area contributed by atoms with Crippen LogP contribution in [0, 0.1) is 0 Å². The molecule has 7 nitrogen and oxygen atoms in total. The van der Waals surface area contributed by atoms with Gasteiger partial charge in [0.1, 0.15) is 16.3 Å². The second-order valence-corrected chi connectivity index (χ2v) is 8.61. The molecule has 5 rings (SSSR count). The van der Waals surface area contributed by atoms with Crippen molar-refractivity contribution in [1.29, 1.82) is 0 Å². The summed E-state index contributed by atoms with van der Waals surface area (Å²) < 4.78 is 0. The first-order chi connectivity index (χ1) is 15.2. The molecular weight excluding hydrogens is 408 g/mol. The zero-order valence-corrected chi connectivity index (χ0v) is 18.0. The van der Waals surface area contributed by atoms with E-state index in [2.05, 4.69) is 43.1 Å². The van der Waals surface area contributed by atoms with Crippen molar-refractivity contribution in [3.8, 4) is 10.6 Å². The normalized spacial score (nSPS) is 14.8. The van der Waals surface area contributed by atoms with E-state index in [4.69, 9.17) is 0 Å². The summed E-state index contributed by atoms with van der Waals surface area (Å²) in [5.41, 5.74) is 4.17. The number of carbonyl (C=O) groups is 1. The van der Waals surface area contributed by atoms with Crippen LogP contribution in [0.2, 0.25) is 0 Å². The Balaban J connectivity index is 1.35. The summed E-state index contributed by atoms with van der Waals surface area (Å²) in [5, 5.41) is 11.0. The Morgan fingerprint density at radius 1 is 1.03 bits per heavy atom. The van der Waals surface area contributed by atoms with E-state index in [9.17, 15) is 4.79 Å². The summed E-state index contributed by atoms with van der Waals surface area (Å²) in [6.45, 7) is 3.84. The molecule has 1 fully saturated rings. The number of piperazine rings is 1. The number of anilines is 1. The molecule has 1 saturated heterocycles. The predicted molar refractivity (Wildman–Crippen MR) is 123 cm³/mol. The van der Waals surface area contributed by atoms with Crippen LogP contribution in [0.15, 0.2) is 54.3 Å². The molecular formula is C23H22N6OS. The van der Waals surface area contributed by atoms with Gasteiger partial charge in [0.25, 0.3) is 0 Å². The molecule has 0 bridgehead atoms. The number of fused-ring (bicyclic) bond motifs is 1. The van der Waals surface area contributed by atoms with Gasteiger partial charge in [0.05, 0.1) is 6.42 Å². The fourth-order valence-electron chi connectivity index (χ4n) is 3.78. The lowest BCUT2D eigenvalue weighted by molar-refractivity contribution is 0.0992. The minimum absolute atomic E-state index is 0.0462. The lowest BCUT2D eigenvalue weighted by atomic mass is 10.0. The second-order valence-electron chi connectivity index (χ2n) is 7.77. The van der Waals surface area contributed by atoms with Crippen molar-refractivity contribution in [3.63, 3.8) is 0 Å². The van der Waals surface area contributed by atoms with Gasteiger partial charge in [-0.1, -0.05) is 23.5 Å². The zero-order chi connectivity index (χ0) is 21.2. The van der Waals surface area contributed by atoms with Gasteiger partial charge in [-0.05, 0) is 36.7 Å². The Morgan fingerprint density at radius 2 is 1.90 bits per heavy atom. The standard InChI is InChI=1S/C23H22N6OS/c1-28-6-8-29(9-7-28)22-12-16(4-5-24-22)21(30)13-20-11-19-10-17(23-27-26-15-31-23)2-3-18(19)14-25-20/h2-5,10-12,14-15H,6-9,13H2,1H3. The van der Waals surface area contributed by atoms with Gasteiger partial charge in [-0.3, -0.25) is 9.78 Å². The highest BCUT2D eigenvalue weighted by Gasteiger charge is 2.17. The number of likely N-dealkylation sites (N-methyl/N-ethyl adjacent to an activating group) is 1. The zero-order valence-electron chi connectivity index (χ0n) is 17.2. The van der Waals surface area contributed by atoms with Gasteiger partial charge >= 0.3 is 0 Å². The third-order valence-corrected chi connectivity index (χ3v) is 6.36. The molecule has 0 atom stereocenters. The highest BCUT2D eigenvalue weighted by atomic mass is 32.1. The molecule has 31 heavy (non-hydrogen) atoms. The average Bonchev–Trinajstić information content (AvgIpc) is 3.34. The molecule has 3 aromatic heterocycles. The maximum Gasteiger partial charge on any atom is 0.169 e. The lowest BCUT2D eigenvalue weighted by Crippen LogP contribution is -2.44. The van der Waals surface area contributed by atoms with Crippen LogP contribution in [-0.2, 0) is 6.42 Å². The highest BCUT2D eigenvalue weighted by molar-refractivity contribution is 7.12. The van der Waals surface area contributed by atoms with Crippen LogP contribution in [0.5, 0.6) is 0 Å². The van der Waals surface area contributed by atoms with Gasteiger partial charge < -0.3 is 9.80 Å². The average molecular weight is 431 g/mol. The fourth-order valence-corrected chi connectivity index (χ4v) is 4.33. The number of hydrogen-bond acceptors (Lipinski definition) is 8. The van der Waals surface area contributed by atoms with Gasteiger partial charge in [-0.25, -0.2) is 4.98 Å². The van der Waals surface area contributed by atoms with Crippen molar-refractivity contribution in [3.05, 3.63) is 65.6 Å². The number of nitrogens with zero attached hydrogens (tertiary/aromatic N) is 6. The third kappa shape index (κ3) is 4.30. The molecule has 1 aliphatic heterocycles. The molecule has 0 amide bonds. The topological polar surface area (TPSA) is 75.1 Å². The number of hydrogen-bond donors (Lipinski definition) is 0. The van der Waals surface area contributed by atoms with Crippen molar-refractivity contribution in [2.24, 2.45) is 0 Å². The molecule has 1 aliphatic rings. The summed E-state index contributed by atoms with van der Waals surface area (Å²) in [7, 11) is 2.12. The Kier molecular flexibility index (Phi) is 5.40. The quantitative estimate of drug-likeness (QED) is 0.450. The van der Waals surface area contributed by atoms with Crippen LogP contribution in [0.3, 0.4) is 0 Å². The van der Waals surface area contributed by atoms with Crippen LogP contribution in [0.4, 0.5) is 5.82 Å². The summed E-state index contributed by atoms with van der Waals surface area (Å²) in [4.78, 5) is 26.5. The van der Waals surface area contributed by atoms with Gasteiger partial charge in [0.2, 0.25) is 0 Å². The Bertz CT molecular complexity index is 1220. The fraction of sp³-hybridized carbons (Fsp3) is 0.261. The molecule has 156 valence electrons. The maximum atomic E-state index is 13.0. The smallest absolute Gasteiger partial charge is 0.169 e. The van der Waals surface area contributed by atoms with Gasteiger partial charge in [0.15, 0.2) is 5.78 Å². The van der Waals surface area contributed by atoms with E-state index in [1.165, 1.54) is 11.3 Å². The largest absolute Gasteiger partial charge is 0.354 e. The first kappa shape index (κ1) is 19.7. The molecule has 4 heterocycles. The van der Waals surface area contributed by atoms with Crippen molar-refractivity contribution >= 4 is 33.7 Å². The van der Waals surface area contributed by atoms with Gasteiger partial charge in [0, 0.05) is 60.8 Å². The number of ketones is 1. The minimum Gasteiger partial charge on any atom is -0.354 e. The van der Waals surface area contributed by atoms with Crippen LogP contribution in [0.1, 0.15) is 16.1 Å². The van der Waals surface area contributed by atoms with Crippen LogP contribution in [0.25, 0.3) is 21.3 Å². The van der Waals surface area contributed by atoms with Crippen LogP contribution >= 0.6 is 11.3 Å². The SMILES string of the molecule is CN1CCN(c2cc(C(=O)Cc3cc4cc(-c5nncs5)ccc4cn3)ccn2)CC1. The number of carbonyl (C=O) groups excluding carboxylic acids is 1. The summed E-state index contributed by atoms with van der Waals surface area (Å²) >= 11 is 1.51.